The fourth-order valence-electron chi connectivity index (χ4n) is 3.67. The molecule has 0 atom stereocenters. The summed E-state index contributed by atoms with van der Waals surface area (Å²) < 4.78 is 13.5. The standard InChI is InChI=1S/C20H20N6OS2/c1-28-17-18(21)26-19(24-20(17)25-6-8-29(27)9-7-25)15(12-23-26)14-10-13-4-2-3-5-16(13)22-11-14/h2-5,10-12H,6-9,21H2,1H3. The van der Waals surface area contributed by atoms with Crippen LogP contribution in [-0.2, 0) is 10.8 Å². The first-order valence-corrected chi connectivity index (χ1v) is 12.0. The van der Waals surface area contributed by atoms with Crippen molar-refractivity contribution in [3.63, 3.8) is 0 Å². The van der Waals surface area contributed by atoms with Crippen LogP contribution in [0, 0.1) is 0 Å². The molecular weight excluding hydrogens is 404 g/mol. The van der Waals surface area contributed by atoms with Crippen molar-refractivity contribution in [3.8, 4) is 11.1 Å². The maximum atomic E-state index is 11.8. The lowest BCUT2D eigenvalue weighted by molar-refractivity contribution is 0.671. The smallest absolute Gasteiger partial charge is 0.167 e. The van der Waals surface area contributed by atoms with Crippen LogP contribution in [0.1, 0.15) is 0 Å². The zero-order valence-electron chi connectivity index (χ0n) is 15.9. The van der Waals surface area contributed by atoms with Crippen molar-refractivity contribution in [1.82, 2.24) is 19.6 Å². The lowest BCUT2D eigenvalue weighted by atomic mass is 10.1. The molecule has 7 nitrogen and oxygen atoms in total. The molecule has 1 aromatic carbocycles. The Labute approximate surface area is 174 Å². The summed E-state index contributed by atoms with van der Waals surface area (Å²) in [7, 11) is -0.749. The fraction of sp³-hybridized carbons (Fsp3) is 0.250. The van der Waals surface area contributed by atoms with E-state index in [9.17, 15) is 4.21 Å². The topological polar surface area (TPSA) is 89.4 Å². The predicted molar refractivity (Wildman–Crippen MR) is 120 cm³/mol. The maximum Gasteiger partial charge on any atom is 0.167 e. The van der Waals surface area contributed by atoms with E-state index in [1.54, 1.807) is 22.5 Å². The van der Waals surface area contributed by atoms with Crippen LogP contribution in [0.5, 0.6) is 0 Å². The molecule has 1 saturated heterocycles. The second kappa shape index (κ2) is 7.31. The van der Waals surface area contributed by atoms with Crippen LogP contribution < -0.4 is 10.6 Å². The van der Waals surface area contributed by atoms with Crippen molar-refractivity contribution in [1.29, 1.82) is 0 Å². The highest BCUT2D eigenvalue weighted by atomic mass is 32.2. The summed E-state index contributed by atoms with van der Waals surface area (Å²) >= 11 is 1.56. The number of para-hydroxylation sites is 1. The first-order chi connectivity index (χ1) is 14.2. The molecule has 9 heteroatoms. The molecule has 3 aromatic heterocycles. The van der Waals surface area contributed by atoms with Gasteiger partial charge in [0.2, 0.25) is 0 Å². The number of benzene rings is 1. The van der Waals surface area contributed by atoms with Crippen LogP contribution in [-0.4, -0.2) is 54.6 Å². The molecular formula is C20H20N6OS2. The molecule has 0 spiro atoms. The molecule has 0 aliphatic carbocycles. The molecule has 0 unspecified atom stereocenters. The lowest BCUT2D eigenvalue weighted by Crippen LogP contribution is -2.38. The molecule has 29 heavy (non-hydrogen) atoms. The van der Waals surface area contributed by atoms with E-state index in [0.717, 1.165) is 32.7 Å². The Balaban J connectivity index is 1.68. The van der Waals surface area contributed by atoms with Gasteiger partial charge in [-0.15, -0.1) is 11.8 Å². The summed E-state index contributed by atoms with van der Waals surface area (Å²) in [6.45, 7) is 1.42. The van der Waals surface area contributed by atoms with Gasteiger partial charge in [0.15, 0.2) is 5.65 Å². The molecule has 1 aliphatic rings. The quantitative estimate of drug-likeness (QED) is 0.506. The first-order valence-electron chi connectivity index (χ1n) is 9.32. The third-order valence-electron chi connectivity index (χ3n) is 5.20. The number of fused-ring (bicyclic) bond motifs is 2. The maximum absolute atomic E-state index is 11.8. The van der Waals surface area contributed by atoms with Crippen LogP contribution >= 0.6 is 11.8 Å². The Hall–Kier alpha value is -2.65. The van der Waals surface area contributed by atoms with E-state index in [2.05, 4.69) is 21.0 Å². The van der Waals surface area contributed by atoms with Crippen molar-refractivity contribution in [2.24, 2.45) is 0 Å². The van der Waals surface area contributed by atoms with E-state index in [1.807, 2.05) is 36.7 Å². The number of pyridine rings is 1. The normalized spacial score (nSPS) is 15.4. The van der Waals surface area contributed by atoms with Crippen molar-refractivity contribution in [2.75, 3.05) is 41.5 Å². The summed E-state index contributed by atoms with van der Waals surface area (Å²) in [5.41, 5.74) is 9.99. The molecule has 2 N–H and O–H groups in total. The fourth-order valence-corrected chi connectivity index (χ4v) is 5.37. The largest absolute Gasteiger partial charge is 0.383 e. The third-order valence-corrected chi connectivity index (χ3v) is 7.28. The van der Waals surface area contributed by atoms with E-state index in [-0.39, 0.29) is 0 Å². The summed E-state index contributed by atoms with van der Waals surface area (Å²) in [5, 5.41) is 5.57. The van der Waals surface area contributed by atoms with Crippen LogP contribution in [0.3, 0.4) is 0 Å². The molecule has 1 fully saturated rings. The number of nitrogens with zero attached hydrogens (tertiary/aromatic N) is 5. The minimum atomic E-state index is -0.749. The number of nitrogens with two attached hydrogens (primary N) is 1. The summed E-state index contributed by atoms with van der Waals surface area (Å²) in [4.78, 5) is 12.6. The van der Waals surface area contributed by atoms with Crippen molar-refractivity contribution < 1.29 is 4.21 Å². The van der Waals surface area contributed by atoms with Crippen molar-refractivity contribution >= 4 is 50.7 Å². The van der Waals surface area contributed by atoms with Gasteiger partial charge in [0.1, 0.15) is 11.6 Å². The van der Waals surface area contributed by atoms with E-state index in [4.69, 9.17) is 10.7 Å². The zero-order valence-corrected chi connectivity index (χ0v) is 17.5. The van der Waals surface area contributed by atoms with E-state index in [1.165, 1.54) is 0 Å². The number of anilines is 2. The Morgan fingerprint density at radius 2 is 1.97 bits per heavy atom. The SMILES string of the molecule is CSc1c(N2CCS(=O)CC2)nc2c(-c3cnc4ccccc4c3)cnn2c1N. The third kappa shape index (κ3) is 3.14. The summed E-state index contributed by atoms with van der Waals surface area (Å²) in [6.07, 6.45) is 5.63. The number of rotatable bonds is 3. The zero-order chi connectivity index (χ0) is 20.0. The molecule has 5 rings (SSSR count). The highest BCUT2D eigenvalue weighted by Crippen LogP contribution is 2.36. The molecule has 4 heterocycles. The van der Waals surface area contributed by atoms with Gasteiger partial charge < -0.3 is 10.6 Å². The van der Waals surface area contributed by atoms with E-state index >= 15 is 0 Å². The second-order valence-electron chi connectivity index (χ2n) is 6.90. The Bertz CT molecular complexity index is 1240. The van der Waals surface area contributed by atoms with Gasteiger partial charge in [0.25, 0.3) is 0 Å². The van der Waals surface area contributed by atoms with Gasteiger partial charge in [0.05, 0.1) is 16.6 Å². The average molecular weight is 425 g/mol. The van der Waals surface area contributed by atoms with Gasteiger partial charge in [-0.25, -0.2) is 4.98 Å². The second-order valence-corrected chi connectivity index (χ2v) is 9.41. The molecule has 0 saturated carbocycles. The van der Waals surface area contributed by atoms with Gasteiger partial charge in [-0.1, -0.05) is 18.2 Å². The number of hydrogen-bond donors (Lipinski definition) is 1. The molecule has 4 aromatic rings. The number of thioether (sulfide) groups is 1. The molecule has 148 valence electrons. The van der Waals surface area contributed by atoms with Gasteiger partial charge >= 0.3 is 0 Å². The number of hydrogen-bond acceptors (Lipinski definition) is 7. The monoisotopic (exact) mass is 424 g/mol. The van der Waals surface area contributed by atoms with Crippen LogP contribution in [0.15, 0.2) is 47.6 Å². The molecule has 0 amide bonds. The summed E-state index contributed by atoms with van der Waals surface area (Å²) in [5.74, 6) is 2.72. The number of aromatic nitrogens is 4. The highest BCUT2D eigenvalue weighted by molar-refractivity contribution is 7.99. The van der Waals surface area contributed by atoms with Crippen molar-refractivity contribution in [2.45, 2.75) is 4.90 Å². The van der Waals surface area contributed by atoms with Crippen LogP contribution in [0.4, 0.5) is 11.6 Å². The highest BCUT2D eigenvalue weighted by Gasteiger charge is 2.24. The Kier molecular flexibility index (Phi) is 4.63. The van der Waals surface area contributed by atoms with Crippen molar-refractivity contribution in [3.05, 3.63) is 42.7 Å². The minimum Gasteiger partial charge on any atom is -0.383 e. The molecule has 1 aliphatic heterocycles. The lowest BCUT2D eigenvalue weighted by Gasteiger charge is -2.29. The minimum absolute atomic E-state index is 0.573. The van der Waals surface area contributed by atoms with Gasteiger partial charge in [0, 0.05) is 58.1 Å². The molecule has 0 bridgehead atoms. The van der Waals surface area contributed by atoms with E-state index < -0.39 is 10.8 Å². The Morgan fingerprint density at radius 3 is 2.76 bits per heavy atom. The van der Waals surface area contributed by atoms with Crippen LogP contribution in [0.25, 0.3) is 27.7 Å². The van der Waals surface area contributed by atoms with Gasteiger partial charge in [-0.2, -0.15) is 9.61 Å². The predicted octanol–water partition coefficient (Wildman–Crippen LogP) is 2.82. The van der Waals surface area contributed by atoms with Crippen LogP contribution in [0.2, 0.25) is 0 Å². The average Bonchev–Trinajstić information content (AvgIpc) is 3.18. The molecule has 0 radical (unpaired) electrons. The first kappa shape index (κ1) is 18.4. The van der Waals surface area contributed by atoms with Gasteiger partial charge in [-0.3, -0.25) is 9.19 Å². The number of nitrogen functional groups attached to an aromatic ring is 1. The Morgan fingerprint density at radius 1 is 1.17 bits per heavy atom. The van der Waals surface area contributed by atoms with Gasteiger partial charge in [-0.05, 0) is 18.4 Å². The summed E-state index contributed by atoms with van der Waals surface area (Å²) in [6, 6.07) is 10.1. The van der Waals surface area contributed by atoms with E-state index in [0.29, 0.717) is 36.1 Å².